The summed E-state index contributed by atoms with van der Waals surface area (Å²) in [5.41, 5.74) is 1.04. The van der Waals surface area contributed by atoms with E-state index in [0.717, 1.165) is 5.56 Å². The second-order valence-electron chi connectivity index (χ2n) is 7.14. The van der Waals surface area contributed by atoms with E-state index in [0.29, 0.717) is 44.0 Å². The molecule has 25 heavy (non-hydrogen) atoms. The fraction of sp³-hybridized carbons (Fsp3) is 0.579. The van der Waals surface area contributed by atoms with Gasteiger partial charge in [-0.15, -0.1) is 0 Å². The van der Waals surface area contributed by atoms with Crippen LogP contribution in [0.15, 0.2) is 18.2 Å². The first-order chi connectivity index (χ1) is 11.8. The maximum atomic E-state index is 12.1. The highest BCUT2D eigenvalue weighted by atomic mass is 16.6. The van der Waals surface area contributed by atoms with Crippen molar-refractivity contribution >= 4 is 6.09 Å². The maximum absolute atomic E-state index is 12.1. The van der Waals surface area contributed by atoms with Crippen molar-refractivity contribution in [1.82, 2.24) is 4.90 Å². The molecule has 0 saturated carbocycles. The van der Waals surface area contributed by atoms with E-state index in [1.807, 2.05) is 39.8 Å². The number of nitriles is 1. The van der Waals surface area contributed by atoms with Gasteiger partial charge in [0.05, 0.1) is 37.5 Å². The zero-order valence-corrected chi connectivity index (χ0v) is 15.4. The van der Waals surface area contributed by atoms with E-state index in [2.05, 4.69) is 6.07 Å². The lowest BCUT2D eigenvalue weighted by Gasteiger charge is -2.34. The van der Waals surface area contributed by atoms with E-state index >= 15 is 0 Å². The van der Waals surface area contributed by atoms with E-state index in [1.165, 1.54) is 0 Å². The summed E-state index contributed by atoms with van der Waals surface area (Å²) in [7, 11) is 0. The molecule has 6 nitrogen and oxygen atoms in total. The van der Waals surface area contributed by atoms with E-state index in [9.17, 15) is 4.79 Å². The minimum atomic E-state index is -0.502. The molecule has 1 saturated heterocycles. The van der Waals surface area contributed by atoms with Gasteiger partial charge in [0.25, 0.3) is 0 Å². The van der Waals surface area contributed by atoms with Gasteiger partial charge in [-0.1, -0.05) is 6.07 Å². The van der Waals surface area contributed by atoms with Crippen LogP contribution in [0.1, 0.15) is 38.3 Å². The number of rotatable bonds is 4. The lowest BCUT2D eigenvalue weighted by molar-refractivity contribution is -0.0477. The van der Waals surface area contributed by atoms with Gasteiger partial charge in [0.2, 0.25) is 0 Å². The Kier molecular flexibility index (Phi) is 6.27. The molecule has 2 rings (SSSR count). The van der Waals surface area contributed by atoms with Crippen LogP contribution >= 0.6 is 0 Å². The topological polar surface area (TPSA) is 71.8 Å². The maximum Gasteiger partial charge on any atom is 0.410 e. The number of nitrogens with zero attached hydrogens (tertiary/aromatic N) is 2. The SMILES string of the molecule is Cc1ccc(OCCC2CN(C(=O)OC(C)(C)C)CCO2)cc1C#N. The number of aryl methyl sites for hydroxylation is 1. The van der Waals surface area contributed by atoms with Gasteiger partial charge in [0.15, 0.2) is 0 Å². The molecular weight excluding hydrogens is 320 g/mol. The first-order valence-electron chi connectivity index (χ1n) is 8.51. The molecule has 1 aromatic carbocycles. The van der Waals surface area contributed by atoms with Gasteiger partial charge >= 0.3 is 6.09 Å². The van der Waals surface area contributed by atoms with Crippen LogP contribution in [0.2, 0.25) is 0 Å². The number of benzene rings is 1. The van der Waals surface area contributed by atoms with Gasteiger partial charge in [-0.05, 0) is 45.4 Å². The van der Waals surface area contributed by atoms with Crippen LogP contribution < -0.4 is 4.74 Å². The van der Waals surface area contributed by atoms with E-state index in [-0.39, 0.29) is 12.2 Å². The molecular formula is C19H26N2O4. The fourth-order valence-electron chi connectivity index (χ4n) is 2.51. The third-order valence-electron chi connectivity index (χ3n) is 3.83. The van der Waals surface area contributed by atoms with Crippen molar-refractivity contribution in [2.75, 3.05) is 26.3 Å². The minimum Gasteiger partial charge on any atom is -0.493 e. The highest BCUT2D eigenvalue weighted by molar-refractivity contribution is 5.68. The number of ether oxygens (including phenoxy) is 3. The molecule has 0 bridgehead atoms. The Bertz CT molecular complexity index is 646. The minimum absolute atomic E-state index is 0.0813. The van der Waals surface area contributed by atoms with Crippen LogP contribution in [0, 0.1) is 18.3 Å². The molecule has 6 heteroatoms. The number of hydrogen-bond donors (Lipinski definition) is 0. The molecule has 1 aliphatic heterocycles. The molecule has 0 aromatic heterocycles. The molecule has 0 radical (unpaired) electrons. The molecule has 0 aliphatic carbocycles. The average Bonchev–Trinajstić information content (AvgIpc) is 2.55. The molecule has 1 unspecified atom stereocenters. The van der Waals surface area contributed by atoms with Crippen molar-refractivity contribution in [2.45, 2.75) is 45.8 Å². The molecule has 1 fully saturated rings. The van der Waals surface area contributed by atoms with E-state index < -0.39 is 5.60 Å². The first kappa shape index (κ1) is 19.1. The smallest absolute Gasteiger partial charge is 0.410 e. The third kappa shape index (κ3) is 5.95. The summed E-state index contributed by atoms with van der Waals surface area (Å²) in [6, 6.07) is 7.61. The molecule has 1 heterocycles. The summed E-state index contributed by atoms with van der Waals surface area (Å²) in [4.78, 5) is 13.8. The van der Waals surface area contributed by atoms with E-state index in [4.69, 9.17) is 19.5 Å². The summed E-state index contributed by atoms with van der Waals surface area (Å²) < 4.78 is 16.8. The van der Waals surface area contributed by atoms with Crippen LogP contribution in [-0.4, -0.2) is 49.0 Å². The highest BCUT2D eigenvalue weighted by Crippen LogP contribution is 2.18. The molecule has 1 aromatic rings. The zero-order chi connectivity index (χ0) is 18.4. The van der Waals surface area contributed by atoms with Crippen molar-refractivity contribution in [3.63, 3.8) is 0 Å². The number of carbonyl (C=O) groups is 1. The largest absolute Gasteiger partial charge is 0.493 e. The van der Waals surface area contributed by atoms with Crippen LogP contribution in [0.5, 0.6) is 5.75 Å². The number of amides is 1. The summed E-state index contributed by atoms with van der Waals surface area (Å²) in [6.45, 7) is 9.44. The summed E-state index contributed by atoms with van der Waals surface area (Å²) >= 11 is 0. The van der Waals surface area contributed by atoms with Crippen molar-refractivity contribution in [3.05, 3.63) is 29.3 Å². The number of carbonyl (C=O) groups excluding carboxylic acids is 1. The van der Waals surface area contributed by atoms with Gasteiger partial charge < -0.3 is 19.1 Å². The van der Waals surface area contributed by atoms with Crippen molar-refractivity contribution < 1.29 is 19.0 Å². The van der Waals surface area contributed by atoms with Gasteiger partial charge in [-0.2, -0.15) is 5.26 Å². The van der Waals surface area contributed by atoms with Gasteiger partial charge in [-0.3, -0.25) is 0 Å². The molecule has 1 amide bonds. The Labute approximate surface area is 149 Å². The summed E-state index contributed by atoms with van der Waals surface area (Å²) in [6.07, 6.45) is 0.274. The van der Waals surface area contributed by atoms with Crippen molar-refractivity contribution in [2.24, 2.45) is 0 Å². The normalized spacial score (nSPS) is 17.7. The summed E-state index contributed by atoms with van der Waals surface area (Å²) in [5.74, 6) is 0.668. The van der Waals surface area contributed by atoms with Crippen LogP contribution in [-0.2, 0) is 9.47 Å². The quantitative estimate of drug-likeness (QED) is 0.837. The second kappa shape index (κ2) is 8.21. The Morgan fingerprint density at radius 3 is 2.88 bits per heavy atom. The molecule has 136 valence electrons. The number of hydrogen-bond acceptors (Lipinski definition) is 5. The Morgan fingerprint density at radius 2 is 2.20 bits per heavy atom. The molecule has 1 atom stereocenters. The lowest BCUT2D eigenvalue weighted by atomic mass is 10.1. The Morgan fingerprint density at radius 1 is 1.44 bits per heavy atom. The van der Waals surface area contributed by atoms with Gasteiger partial charge in [0, 0.05) is 13.0 Å². The van der Waals surface area contributed by atoms with E-state index in [1.54, 1.807) is 11.0 Å². The average molecular weight is 346 g/mol. The van der Waals surface area contributed by atoms with Crippen LogP contribution in [0.3, 0.4) is 0 Å². The molecule has 0 spiro atoms. The predicted molar refractivity (Wildman–Crippen MR) is 93.6 cm³/mol. The summed E-state index contributed by atoms with van der Waals surface area (Å²) in [5, 5.41) is 9.06. The van der Waals surface area contributed by atoms with Gasteiger partial charge in [-0.25, -0.2) is 4.79 Å². The van der Waals surface area contributed by atoms with Crippen molar-refractivity contribution in [3.8, 4) is 11.8 Å². The fourth-order valence-corrected chi connectivity index (χ4v) is 2.51. The Balaban J connectivity index is 1.81. The Hall–Kier alpha value is -2.26. The van der Waals surface area contributed by atoms with Crippen LogP contribution in [0.4, 0.5) is 4.79 Å². The monoisotopic (exact) mass is 346 g/mol. The second-order valence-corrected chi connectivity index (χ2v) is 7.14. The number of morpholine rings is 1. The van der Waals surface area contributed by atoms with Crippen LogP contribution in [0.25, 0.3) is 0 Å². The molecule has 0 N–H and O–H groups in total. The third-order valence-corrected chi connectivity index (χ3v) is 3.83. The lowest BCUT2D eigenvalue weighted by Crippen LogP contribution is -2.47. The molecule has 1 aliphatic rings. The predicted octanol–water partition coefficient (Wildman–Crippen LogP) is 3.27. The first-order valence-corrected chi connectivity index (χ1v) is 8.51. The zero-order valence-electron chi connectivity index (χ0n) is 15.4. The van der Waals surface area contributed by atoms with Crippen molar-refractivity contribution in [1.29, 1.82) is 5.26 Å². The highest BCUT2D eigenvalue weighted by Gasteiger charge is 2.28. The van der Waals surface area contributed by atoms with Gasteiger partial charge in [0.1, 0.15) is 11.4 Å². The standard InChI is InChI=1S/C19H26N2O4/c1-14-5-6-16(11-15(14)12-20)23-9-7-17-13-21(8-10-24-17)18(22)25-19(2,3)4/h5-6,11,17H,7-10,13H2,1-4H3.